The lowest BCUT2D eigenvalue weighted by Crippen LogP contribution is -2.39. The van der Waals surface area contributed by atoms with Crippen molar-refractivity contribution in [2.24, 2.45) is 5.92 Å². The fraction of sp³-hybridized carbons (Fsp3) is 0.500. The van der Waals surface area contributed by atoms with Gasteiger partial charge in [0, 0.05) is 48.8 Å². The molecule has 150 valence electrons. The number of benzene rings is 1. The number of amides is 2. The van der Waals surface area contributed by atoms with Gasteiger partial charge in [0.25, 0.3) is 5.91 Å². The number of piperidine rings is 1. The first-order valence-electron chi connectivity index (χ1n) is 10.0. The van der Waals surface area contributed by atoms with Crippen molar-refractivity contribution in [2.45, 2.75) is 46.0 Å². The summed E-state index contributed by atoms with van der Waals surface area (Å²) in [5.74, 6) is 0.492. The van der Waals surface area contributed by atoms with Gasteiger partial charge in [0.1, 0.15) is 0 Å². The monoisotopic (exact) mass is 399 g/mol. The van der Waals surface area contributed by atoms with Crippen LogP contribution in [0.15, 0.2) is 29.6 Å². The maximum absolute atomic E-state index is 12.9. The number of nitrogens with one attached hydrogen (secondary N) is 1. The molecule has 0 saturated carbocycles. The van der Waals surface area contributed by atoms with Crippen LogP contribution in [0.1, 0.15) is 59.2 Å². The molecule has 3 rings (SSSR count). The summed E-state index contributed by atoms with van der Waals surface area (Å²) in [5, 5.41) is 6.12. The predicted molar refractivity (Wildman–Crippen MR) is 113 cm³/mol. The Kier molecular flexibility index (Phi) is 6.83. The highest BCUT2D eigenvalue weighted by atomic mass is 32.1. The highest BCUT2D eigenvalue weighted by Crippen LogP contribution is 2.30. The molecule has 2 heterocycles. The number of carbonyl (C=O) groups is 2. The minimum Gasteiger partial charge on any atom is -0.355 e. The van der Waals surface area contributed by atoms with Crippen molar-refractivity contribution >= 4 is 23.2 Å². The zero-order chi connectivity index (χ0) is 20.1. The number of hydrogen-bond donors (Lipinski definition) is 1. The van der Waals surface area contributed by atoms with E-state index in [1.54, 1.807) is 11.3 Å². The Hall–Kier alpha value is -2.21. The first-order chi connectivity index (χ1) is 13.4. The predicted octanol–water partition coefficient (Wildman–Crippen LogP) is 3.79. The second kappa shape index (κ2) is 9.32. The van der Waals surface area contributed by atoms with E-state index < -0.39 is 0 Å². The number of likely N-dealkylation sites (tertiary alicyclic amines) is 1. The molecule has 1 aliphatic heterocycles. The SMILES string of the molecule is Cc1cccc(C(=O)N2CCC[C@H](c3nc(CCNC(=O)C(C)C)cs3)C2)c1. The Morgan fingerprint density at radius 2 is 2.18 bits per heavy atom. The van der Waals surface area contributed by atoms with Crippen LogP contribution in [0.3, 0.4) is 0 Å². The van der Waals surface area contributed by atoms with E-state index in [9.17, 15) is 9.59 Å². The van der Waals surface area contributed by atoms with Crippen LogP contribution in [-0.2, 0) is 11.2 Å². The zero-order valence-corrected chi connectivity index (χ0v) is 17.7. The van der Waals surface area contributed by atoms with Gasteiger partial charge in [0.2, 0.25) is 5.91 Å². The Balaban J connectivity index is 1.58. The molecule has 2 aromatic rings. The molecule has 1 saturated heterocycles. The Bertz CT molecular complexity index is 831. The standard InChI is InChI=1S/C22H29N3O2S/c1-15(2)20(26)23-10-9-19-14-28-21(24-19)18-8-5-11-25(13-18)22(27)17-7-4-6-16(3)12-17/h4,6-7,12,14-15,18H,5,8-11,13H2,1-3H3,(H,23,26)/t18-/m0/s1. The van der Waals surface area contributed by atoms with Gasteiger partial charge in [-0.2, -0.15) is 0 Å². The molecule has 0 bridgehead atoms. The average molecular weight is 400 g/mol. The van der Waals surface area contributed by atoms with E-state index >= 15 is 0 Å². The summed E-state index contributed by atoms with van der Waals surface area (Å²) in [4.78, 5) is 31.3. The number of carbonyl (C=O) groups excluding carboxylic acids is 2. The topological polar surface area (TPSA) is 62.3 Å². The van der Waals surface area contributed by atoms with E-state index in [1.807, 2.05) is 49.9 Å². The summed E-state index contributed by atoms with van der Waals surface area (Å²) < 4.78 is 0. The lowest BCUT2D eigenvalue weighted by molar-refractivity contribution is -0.123. The Morgan fingerprint density at radius 1 is 1.36 bits per heavy atom. The fourth-order valence-corrected chi connectivity index (χ4v) is 4.45. The van der Waals surface area contributed by atoms with Gasteiger partial charge in [-0.1, -0.05) is 31.5 Å². The highest BCUT2D eigenvalue weighted by molar-refractivity contribution is 7.09. The van der Waals surface area contributed by atoms with Crippen molar-refractivity contribution < 1.29 is 9.59 Å². The van der Waals surface area contributed by atoms with Crippen molar-refractivity contribution in [2.75, 3.05) is 19.6 Å². The summed E-state index contributed by atoms with van der Waals surface area (Å²) in [6.45, 7) is 7.94. The van der Waals surface area contributed by atoms with E-state index in [4.69, 9.17) is 4.98 Å². The summed E-state index contributed by atoms with van der Waals surface area (Å²) in [7, 11) is 0. The molecule has 2 amide bonds. The van der Waals surface area contributed by atoms with Crippen molar-refractivity contribution in [3.8, 4) is 0 Å². The van der Waals surface area contributed by atoms with Gasteiger partial charge >= 0.3 is 0 Å². The van der Waals surface area contributed by atoms with Gasteiger partial charge in [-0.3, -0.25) is 9.59 Å². The third-order valence-electron chi connectivity index (χ3n) is 5.10. The van der Waals surface area contributed by atoms with E-state index in [1.165, 1.54) is 0 Å². The Labute approximate surface area is 171 Å². The van der Waals surface area contributed by atoms with E-state index in [-0.39, 0.29) is 17.7 Å². The van der Waals surface area contributed by atoms with Crippen LogP contribution in [0.5, 0.6) is 0 Å². The molecule has 1 aromatic carbocycles. The maximum Gasteiger partial charge on any atom is 0.253 e. The molecule has 1 atom stereocenters. The van der Waals surface area contributed by atoms with Crippen LogP contribution < -0.4 is 5.32 Å². The second-order valence-corrected chi connectivity index (χ2v) is 8.72. The largest absolute Gasteiger partial charge is 0.355 e. The van der Waals surface area contributed by atoms with Gasteiger partial charge in [0.15, 0.2) is 0 Å². The first-order valence-corrected chi connectivity index (χ1v) is 10.9. The molecular formula is C22H29N3O2S. The number of hydrogen-bond acceptors (Lipinski definition) is 4. The number of aromatic nitrogens is 1. The Morgan fingerprint density at radius 3 is 2.93 bits per heavy atom. The quantitative estimate of drug-likeness (QED) is 0.804. The molecule has 1 aliphatic rings. The number of thiazole rings is 1. The average Bonchev–Trinajstić information content (AvgIpc) is 3.16. The maximum atomic E-state index is 12.9. The van der Waals surface area contributed by atoms with Crippen molar-refractivity contribution in [3.05, 3.63) is 51.5 Å². The van der Waals surface area contributed by atoms with E-state index in [0.717, 1.165) is 54.2 Å². The van der Waals surface area contributed by atoms with Crippen molar-refractivity contribution in [3.63, 3.8) is 0 Å². The molecule has 5 nitrogen and oxygen atoms in total. The van der Waals surface area contributed by atoms with Crippen LogP contribution in [0.4, 0.5) is 0 Å². The first kappa shape index (κ1) is 20.5. The van der Waals surface area contributed by atoms with Gasteiger partial charge in [0.05, 0.1) is 10.7 Å². The molecule has 6 heteroatoms. The molecule has 0 spiro atoms. The van der Waals surface area contributed by atoms with E-state index in [2.05, 4.69) is 10.7 Å². The third kappa shape index (κ3) is 5.19. The van der Waals surface area contributed by atoms with Gasteiger partial charge in [-0.15, -0.1) is 11.3 Å². The van der Waals surface area contributed by atoms with Crippen molar-refractivity contribution in [1.29, 1.82) is 0 Å². The molecule has 1 aromatic heterocycles. The van der Waals surface area contributed by atoms with Crippen LogP contribution in [0.25, 0.3) is 0 Å². The molecule has 0 radical (unpaired) electrons. The second-order valence-electron chi connectivity index (χ2n) is 7.83. The van der Waals surface area contributed by atoms with Crippen LogP contribution in [0, 0.1) is 12.8 Å². The summed E-state index contributed by atoms with van der Waals surface area (Å²) >= 11 is 1.67. The number of nitrogens with zero attached hydrogens (tertiary/aromatic N) is 2. The lowest BCUT2D eigenvalue weighted by Gasteiger charge is -2.32. The molecule has 1 fully saturated rings. The van der Waals surface area contributed by atoms with Gasteiger partial charge in [-0.05, 0) is 31.9 Å². The van der Waals surface area contributed by atoms with Crippen LogP contribution in [0.2, 0.25) is 0 Å². The summed E-state index contributed by atoms with van der Waals surface area (Å²) in [5.41, 5.74) is 2.89. The molecule has 28 heavy (non-hydrogen) atoms. The minimum atomic E-state index is 0.00477. The lowest BCUT2D eigenvalue weighted by atomic mass is 9.97. The third-order valence-corrected chi connectivity index (χ3v) is 6.15. The number of aryl methyl sites for hydroxylation is 1. The molecule has 0 unspecified atom stereocenters. The highest BCUT2D eigenvalue weighted by Gasteiger charge is 2.27. The molecule has 0 aliphatic carbocycles. The smallest absolute Gasteiger partial charge is 0.253 e. The molecular weight excluding hydrogens is 370 g/mol. The normalized spacial score (nSPS) is 17.0. The van der Waals surface area contributed by atoms with Crippen LogP contribution >= 0.6 is 11.3 Å². The number of rotatable bonds is 6. The minimum absolute atomic E-state index is 0.00477. The van der Waals surface area contributed by atoms with Crippen molar-refractivity contribution in [1.82, 2.24) is 15.2 Å². The van der Waals surface area contributed by atoms with Gasteiger partial charge < -0.3 is 10.2 Å². The van der Waals surface area contributed by atoms with Gasteiger partial charge in [-0.25, -0.2) is 4.98 Å². The summed E-state index contributed by atoms with van der Waals surface area (Å²) in [6, 6.07) is 7.80. The fourth-order valence-electron chi connectivity index (χ4n) is 3.47. The zero-order valence-electron chi connectivity index (χ0n) is 16.9. The van der Waals surface area contributed by atoms with E-state index in [0.29, 0.717) is 12.5 Å². The molecule has 1 N–H and O–H groups in total. The summed E-state index contributed by atoms with van der Waals surface area (Å²) in [6.07, 6.45) is 2.81. The van der Waals surface area contributed by atoms with Crippen LogP contribution in [-0.4, -0.2) is 41.3 Å².